The predicted molar refractivity (Wildman–Crippen MR) is 112 cm³/mol. The van der Waals surface area contributed by atoms with Crippen molar-refractivity contribution in [2.75, 3.05) is 13.1 Å². The van der Waals surface area contributed by atoms with Crippen LogP contribution in [0.25, 0.3) is 0 Å². The van der Waals surface area contributed by atoms with Crippen LogP contribution in [-0.2, 0) is 21.7 Å². The van der Waals surface area contributed by atoms with Crippen LogP contribution in [0.5, 0.6) is 0 Å². The molecule has 148 valence electrons. The summed E-state index contributed by atoms with van der Waals surface area (Å²) < 4.78 is 5.82. The third kappa shape index (κ3) is 4.24. The van der Waals surface area contributed by atoms with E-state index in [1.807, 2.05) is 54.6 Å². The van der Waals surface area contributed by atoms with Crippen LogP contribution in [-0.4, -0.2) is 35.2 Å². The number of carbonyl (C=O) groups is 1. The van der Waals surface area contributed by atoms with E-state index in [2.05, 4.69) is 17.0 Å². The summed E-state index contributed by atoms with van der Waals surface area (Å²) >= 11 is 0. The van der Waals surface area contributed by atoms with Gasteiger partial charge < -0.3 is 9.84 Å². The Labute approximate surface area is 171 Å². The summed E-state index contributed by atoms with van der Waals surface area (Å²) in [5.41, 5.74) is 0.435. The lowest BCUT2D eigenvalue weighted by Gasteiger charge is -2.28. The lowest BCUT2D eigenvalue weighted by molar-refractivity contribution is -0.167. The van der Waals surface area contributed by atoms with Crippen LogP contribution >= 0.6 is 0 Å². The minimum Gasteiger partial charge on any atom is -0.458 e. The summed E-state index contributed by atoms with van der Waals surface area (Å²) in [6, 6.07) is 28.3. The molecule has 1 saturated heterocycles. The van der Waals surface area contributed by atoms with Gasteiger partial charge in [-0.3, -0.25) is 4.90 Å². The first kappa shape index (κ1) is 19.4. The second-order valence-corrected chi connectivity index (χ2v) is 7.48. The van der Waals surface area contributed by atoms with Crippen molar-refractivity contribution in [2.24, 2.45) is 0 Å². The summed E-state index contributed by atoms with van der Waals surface area (Å²) in [6.45, 7) is 2.36. The van der Waals surface area contributed by atoms with E-state index < -0.39 is 11.6 Å². The highest BCUT2D eigenvalue weighted by atomic mass is 16.6. The number of carbonyl (C=O) groups excluding carboxylic acids is 1. The first-order chi connectivity index (χ1) is 14.2. The molecule has 0 bridgehead atoms. The number of rotatable bonds is 6. The van der Waals surface area contributed by atoms with Crippen LogP contribution in [0.3, 0.4) is 0 Å². The van der Waals surface area contributed by atoms with Crippen LogP contribution in [0, 0.1) is 0 Å². The molecular formula is C25H25NO3. The second-order valence-electron chi connectivity index (χ2n) is 7.48. The number of benzene rings is 3. The van der Waals surface area contributed by atoms with E-state index in [4.69, 9.17) is 4.74 Å². The number of hydrogen-bond donors (Lipinski definition) is 1. The Morgan fingerprint density at radius 3 is 1.97 bits per heavy atom. The normalized spacial score (nSPS) is 17.2. The monoisotopic (exact) mass is 387 g/mol. The third-order valence-corrected chi connectivity index (χ3v) is 5.43. The molecule has 0 saturated carbocycles. The van der Waals surface area contributed by atoms with E-state index in [-0.39, 0.29) is 6.10 Å². The average Bonchev–Trinajstić information content (AvgIpc) is 3.21. The van der Waals surface area contributed by atoms with Gasteiger partial charge in [-0.05, 0) is 23.1 Å². The number of nitrogens with zero attached hydrogens (tertiary/aromatic N) is 1. The molecule has 0 aromatic heterocycles. The Morgan fingerprint density at radius 2 is 1.41 bits per heavy atom. The Hall–Kier alpha value is -2.95. The maximum absolute atomic E-state index is 13.2. The molecule has 0 aliphatic carbocycles. The molecule has 4 rings (SSSR count). The quantitative estimate of drug-likeness (QED) is 0.655. The summed E-state index contributed by atoms with van der Waals surface area (Å²) in [5, 5.41) is 11.5. The molecule has 29 heavy (non-hydrogen) atoms. The van der Waals surface area contributed by atoms with Gasteiger partial charge in [-0.2, -0.15) is 0 Å². The molecular weight excluding hydrogens is 362 g/mol. The fourth-order valence-corrected chi connectivity index (χ4v) is 3.88. The Balaban J connectivity index is 1.49. The van der Waals surface area contributed by atoms with E-state index >= 15 is 0 Å². The largest absolute Gasteiger partial charge is 0.458 e. The van der Waals surface area contributed by atoms with Crippen molar-refractivity contribution >= 4 is 5.97 Å². The van der Waals surface area contributed by atoms with Gasteiger partial charge >= 0.3 is 5.97 Å². The fourth-order valence-electron chi connectivity index (χ4n) is 3.88. The molecule has 4 heteroatoms. The minimum absolute atomic E-state index is 0.231. The zero-order valence-electron chi connectivity index (χ0n) is 16.3. The number of likely N-dealkylation sites (tertiary alicyclic amines) is 1. The van der Waals surface area contributed by atoms with Gasteiger partial charge in [-0.25, -0.2) is 4.79 Å². The van der Waals surface area contributed by atoms with E-state index in [1.165, 1.54) is 5.56 Å². The third-order valence-electron chi connectivity index (χ3n) is 5.43. The van der Waals surface area contributed by atoms with E-state index in [0.29, 0.717) is 17.7 Å². The highest BCUT2D eigenvalue weighted by Gasteiger charge is 2.43. The Kier molecular flexibility index (Phi) is 5.74. The number of esters is 1. The summed E-state index contributed by atoms with van der Waals surface area (Å²) in [5.74, 6) is -0.624. The van der Waals surface area contributed by atoms with Gasteiger partial charge in [0, 0.05) is 19.6 Å². The highest BCUT2D eigenvalue weighted by molar-refractivity contribution is 5.85. The topological polar surface area (TPSA) is 49.8 Å². The number of ether oxygens (including phenoxy) is 1. The zero-order valence-corrected chi connectivity index (χ0v) is 16.3. The SMILES string of the molecule is O=C(O[C@H]1CCN(Cc2ccccc2)C1)C(O)(c1ccccc1)c1ccccc1. The lowest BCUT2D eigenvalue weighted by atomic mass is 9.86. The van der Waals surface area contributed by atoms with Gasteiger partial charge in [0.1, 0.15) is 6.10 Å². The van der Waals surface area contributed by atoms with Gasteiger partial charge in [0.2, 0.25) is 5.60 Å². The van der Waals surface area contributed by atoms with Crippen LogP contribution in [0.2, 0.25) is 0 Å². The maximum atomic E-state index is 13.2. The van der Waals surface area contributed by atoms with Crippen LogP contribution in [0.15, 0.2) is 91.0 Å². The zero-order chi connectivity index (χ0) is 20.1. The molecule has 3 aromatic rings. The van der Waals surface area contributed by atoms with Crippen LogP contribution < -0.4 is 0 Å². The fraction of sp³-hybridized carbons (Fsp3) is 0.240. The number of aliphatic hydroxyl groups is 1. The molecule has 1 aliphatic rings. The smallest absolute Gasteiger partial charge is 0.348 e. The Morgan fingerprint density at radius 1 is 0.897 bits per heavy atom. The second kappa shape index (κ2) is 8.60. The molecule has 1 fully saturated rings. The maximum Gasteiger partial charge on any atom is 0.348 e. The Bertz CT molecular complexity index is 889. The van der Waals surface area contributed by atoms with Crippen LogP contribution in [0.1, 0.15) is 23.1 Å². The molecule has 1 N–H and O–H groups in total. The molecule has 0 unspecified atom stereocenters. The standard InChI is InChI=1S/C25H25NO3/c27-24(29-23-16-17-26(19-23)18-20-10-4-1-5-11-20)25(28,21-12-6-2-7-13-21)22-14-8-3-9-15-22/h1-15,23,28H,16-19H2/t23-/m0/s1. The molecule has 1 heterocycles. The van der Waals surface area contributed by atoms with Gasteiger partial charge in [0.05, 0.1) is 0 Å². The summed E-state index contributed by atoms with van der Waals surface area (Å²) in [7, 11) is 0. The molecule has 3 aromatic carbocycles. The van der Waals surface area contributed by atoms with Crippen molar-refractivity contribution in [3.05, 3.63) is 108 Å². The van der Waals surface area contributed by atoms with Gasteiger partial charge in [0.15, 0.2) is 0 Å². The summed E-state index contributed by atoms with van der Waals surface area (Å²) in [4.78, 5) is 15.5. The van der Waals surface area contributed by atoms with Crippen molar-refractivity contribution in [2.45, 2.75) is 24.7 Å². The van der Waals surface area contributed by atoms with E-state index in [1.54, 1.807) is 24.3 Å². The average molecular weight is 387 g/mol. The molecule has 1 atom stereocenters. The van der Waals surface area contributed by atoms with E-state index in [0.717, 1.165) is 19.5 Å². The number of hydrogen-bond acceptors (Lipinski definition) is 4. The van der Waals surface area contributed by atoms with Crippen molar-refractivity contribution < 1.29 is 14.6 Å². The van der Waals surface area contributed by atoms with Crippen molar-refractivity contribution in [3.63, 3.8) is 0 Å². The van der Waals surface area contributed by atoms with Crippen molar-refractivity contribution in [3.8, 4) is 0 Å². The minimum atomic E-state index is -1.82. The van der Waals surface area contributed by atoms with Crippen LogP contribution in [0.4, 0.5) is 0 Å². The predicted octanol–water partition coefficient (Wildman–Crippen LogP) is 3.74. The highest BCUT2D eigenvalue weighted by Crippen LogP contribution is 2.32. The lowest BCUT2D eigenvalue weighted by Crippen LogP contribution is -2.41. The molecule has 0 amide bonds. The van der Waals surface area contributed by atoms with Gasteiger partial charge in [-0.1, -0.05) is 91.0 Å². The molecule has 4 nitrogen and oxygen atoms in total. The van der Waals surface area contributed by atoms with E-state index in [9.17, 15) is 9.90 Å². The first-order valence-electron chi connectivity index (χ1n) is 9.97. The first-order valence-corrected chi connectivity index (χ1v) is 9.97. The van der Waals surface area contributed by atoms with Crippen molar-refractivity contribution in [1.29, 1.82) is 0 Å². The molecule has 0 radical (unpaired) electrons. The molecule has 1 aliphatic heterocycles. The van der Waals surface area contributed by atoms with Gasteiger partial charge in [0.25, 0.3) is 0 Å². The van der Waals surface area contributed by atoms with Gasteiger partial charge in [-0.15, -0.1) is 0 Å². The summed E-state index contributed by atoms with van der Waals surface area (Å²) in [6.07, 6.45) is 0.531. The van der Waals surface area contributed by atoms with Crippen molar-refractivity contribution in [1.82, 2.24) is 4.90 Å². The molecule has 0 spiro atoms.